The zero-order valence-electron chi connectivity index (χ0n) is 40.3. The molecule has 0 spiro atoms. The number of hydrogen-bond acceptors (Lipinski definition) is 0. The van der Waals surface area contributed by atoms with Gasteiger partial charge in [-0.3, -0.25) is 0 Å². The van der Waals surface area contributed by atoms with Crippen LogP contribution in [0.5, 0.6) is 0 Å². The predicted molar refractivity (Wildman–Crippen MR) is 281 cm³/mol. The van der Waals surface area contributed by atoms with Crippen molar-refractivity contribution in [2.45, 2.75) is 20.0 Å². The predicted octanol–water partition coefficient (Wildman–Crippen LogP) is 16.4. The van der Waals surface area contributed by atoms with E-state index in [-0.39, 0.29) is 42.8 Å². The van der Waals surface area contributed by atoms with Crippen molar-refractivity contribution in [1.29, 1.82) is 0 Å². The van der Waals surface area contributed by atoms with Gasteiger partial charge in [-0.2, -0.15) is 6.07 Å². The number of hydrogen-bond donors (Lipinski definition) is 0. The maximum atomic E-state index is 14.9. The van der Waals surface area contributed by atoms with E-state index >= 15 is 0 Å². The van der Waals surface area contributed by atoms with Crippen LogP contribution < -0.4 is 0 Å². The standard InChI is InChI=1S/C28H21.C24H10BF10Si.C10H9.Zr/c1-5-13-23(14-6-1)21-27(25-17-9-3-10-18-25)28(26-19-11-4-12-20-26)22-24-15-7-2-8-16-24;1-36(2)6-9-11(13-17(28)21(32)24(35)22(33)18(13)29)10-7(4-3-5-8(10)14(9)25)12-15(26)19(30)23(34)20(31)16(12)27;1-8-6-9-4-2-3-5-10(9)7-8;/h1-21H;3-6H,1-2H3;2-7H,1H3;/q-1;;-1;+2. The normalized spacial score (nSPS) is 12.1. The molecule has 10 rings (SSSR count). The molecule has 0 amide bonds. The van der Waals surface area contributed by atoms with Crippen molar-refractivity contribution in [3.05, 3.63) is 290 Å². The molecule has 0 aromatic heterocycles. The van der Waals surface area contributed by atoms with Crippen LogP contribution in [0.3, 0.4) is 0 Å². The topological polar surface area (TPSA) is 0 Å². The van der Waals surface area contributed by atoms with Crippen molar-refractivity contribution in [3.8, 4) is 11.1 Å². The van der Waals surface area contributed by atoms with E-state index in [2.05, 4.69) is 146 Å². The SMILES string of the molecule is Cc1cc2ccccc2[cH-]1.[B]=C1C(C=[Si](C)C)=C(c2c(F)c(F)c(F)c(F)c2F)c2c1cccc2-c1c(F)c(F)c(F)c(F)c1F.[C-](=C(C(=Cc1ccccc1)c1ccccc1)c1ccccc1)c1ccccc1.[Zr+2]. The number of aryl methyl sites for hydroxylation is 1. The minimum absolute atomic E-state index is 0. The average molecular weight is 1110 g/mol. The minimum atomic E-state index is -2.45. The van der Waals surface area contributed by atoms with Crippen LogP contribution in [-0.4, -0.2) is 27.0 Å². The summed E-state index contributed by atoms with van der Waals surface area (Å²) in [4.78, 5) is 0. The van der Waals surface area contributed by atoms with Gasteiger partial charge in [-0.25, -0.2) is 0 Å². The van der Waals surface area contributed by atoms with Gasteiger partial charge in [0.25, 0.3) is 0 Å². The Kier molecular flexibility index (Phi) is 18.1. The van der Waals surface area contributed by atoms with E-state index < -0.39 is 94.4 Å². The van der Waals surface area contributed by atoms with Gasteiger partial charge in [0.2, 0.25) is 0 Å². The van der Waals surface area contributed by atoms with Gasteiger partial charge >= 0.3 is 226 Å². The van der Waals surface area contributed by atoms with E-state index in [0.29, 0.717) is 0 Å². The van der Waals surface area contributed by atoms with Crippen LogP contribution in [0.15, 0.2) is 181 Å². The Hall–Kier alpha value is -7.21. The van der Waals surface area contributed by atoms with Crippen molar-refractivity contribution >= 4 is 60.6 Å². The average Bonchev–Trinajstić information content (AvgIpc) is 3.94. The molecular weight excluding hydrogens is 1060 g/mol. The Bertz CT molecular complexity index is 3510. The minimum Gasteiger partial charge on any atom is -0.123 e. The third-order valence-corrected chi connectivity index (χ3v) is 12.7. The molecule has 1 radical (unpaired) electrons. The molecule has 0 atom stereocenters. The van der Waals surface area contributed by atoms with Crippen molar-refractivity contribution in [2.75, 3.05) is 0 Å². The number of benzene rings is 8. The zero-order chi connectivity index (χ0) is 52.8. The number of halogens is 10. The Morgan fingerprint density at radius 3 is 1.48 bits per heavy atom. The Labute approximate surface area is 449 Å². The third-order valence-electron chi connectivity index (χ3n) is 11.9. The largest absolute Gasteiger partial charge is 2.00 e. The van der Waals surface area contributed by atoms with E-state index in [9.17, 15) is 43.9 Å². The van der Waals surface area contributed by atoms with Gasteiger partial charge in [-0.15, -0.1) is 69.9 Å². The summed E-state index contributed by atoms with van der Waals surface area (Å²) >= 11 is 0. The van der Waals surface area contributed by atoms with Gasteiger partial charge in [0.05, 0.1) is 0 Å². The summed E-state index contributed by atoms with van der Waals surface area (Å²) in [5.41, 5.74) is 3.96. The van der Waals surface area contributed by atoms with E-state index in [1.54, 1.807) is 13.1 Å². The van der Waals surface area contributed by atoms with Crippen LogP contribution in [-0.2, 0) is 26.2 Å². The van der Waals surface area contributed by atoms with Crippen molar-refractivity contribution in [3.63, 3.8) is 0 Å². The first-order valence-electron chi connectivity index (χ1n) is 23.0. The molecule has 0 aliphatic heterocycles. The molecule has 369 valence electrons. The fourth-order valence-corrected chi connectivity index (χ4v) is 9.42. The van der Waals surface area contributed by atoms with Crippen LogP contribution in [0.25, 0.3) is 44.7 Å². The van der Waals surface area contributed by atoms with Crippen LogP contribution in [0.2, 0.25) is 13.1 Å². The summed E-state index contributed by atoms with van der Waals surface area (Å²) in [5.74, 6) is -23.1. The maximum Gasteiger partial charge on any atom is 2.00 e. The monoisotopic (exact) mass is 1100 g/mol. The van der Waals surface area contributed by atoms with Gasteiger partial charge in [0, 0.05) is 0 Å². The molecule has 0 saturated heterocycles. The molecule has 9 aromatic rings. The number of fused-ring (bicyclic) bond motifs is 2. The first kappa shape index (κ1) is 55.5. The molecule has 75 heavy (non-hydrogen) atoms. The first-order valence-corrected chi connectivity index (χ1v) is 25.5. The fraction of sp³-hybridized carbons (Fsp3) is 0.0484. The summed E-state index contributed by atoms with van der Waals surface area (Å²) in [6.07, 6.45) is 5.91. The van der Waals surface area contributed by atoms with E-state index in [1.807, 2.05) is 30.3 Å². The first-order chi connectivity index (χ1) is 35.6. The number of allylic oxidation sites excluding steroid dienone is 3. The molecular formula is C62H40BF10SiZr. The second kappa shape index (κ2) is 24.4. The van der Waals surface area contributed by atoms with E-state index in [0.717, 1.165) is 34.4 Å². The summed E-state index contributed by atoms with van der Waals surface area (Å²) in [5, 5.41) is 2.69. The fourth-order valence-electron chi connectivity index (χ4n) is 8.54. The quantitative estimate of drug-likeness (QED) is 0.0271. The molecule has 0 bridgehead atoms. The van der Waals surface area contributed by atoms with E-state index in [1.165, 1.54) is 39.2 Å². The third kappa shape index (κ3) is 11.9. The molecule has 0 saturated carbocycles. The summed E-state index contributed by atoms with van der Waals surface area (Å²) in [6.45, 7) is 5.50. The van der Waals surface area contributed by atoms with Crippen LogP contribution in [0.1, 0.15) is 44.5 Å². The molecule has 9 aromatic carbocycles. The molecule has 0 heterocycles. The summed E-state index contributed by atoms with van der Waals surface area (Å²) in [7, 11) is 4.64. The zero-order valence-corrected chi connectivity index (χ0v) is 43.7. The van der Waals surface area contributed by atoms with E-state index in [4.69, 9.17) is 7.49 Å². The Balaban J connectivity index is 0.000000185. The van der Waals surface area contributed by atoms with Crippen LogP contribution in [0, 0.1) is 71.2 Å². The Morgan fingerprint density at radius 1 is 0.493 bits per heavy atom. The van der Waals surface area contributed by atoms with Crippen LogP contribution >= 0.6 is 0 Å². The molecule has 13 heteroatoms. The Morgan fingerprint density at radius 2 is 0.947 bits per heavy atom. The molecule has 0 unspecified atom stereocenters. The van der Waals surface area contributed by atoms with Gasteiger partial charge < -0.3 is 0 Å². The van der Waals surface area contributed by atoms with Gasteiger partial charge in [0.15, 0.2) is 0 Å². The van der Waals surface area contributed by atoms with Gasteiger partial charge in [-0.05, 0) is 5.56 Å². The van der Waals surface area contributed by atoms with Gasteiger partial charge in [0.1, 0.15) is 0 Å². The molecule has 1 aliphatic carbocycles. The van der Waals surface area contributed by atoms with Crippen molar-refractivity contribution in [2.24, 2.45) is 0 Å². The summed E-state index contributed by atoms with van der Waals surface area (Å²) in [6, 6.07) is 57.8. The number of rotatable bonds is 8. The second-order valence-electron chi connectivity index (χ2n) is 17.3. The van der Waals surface area contributed by atoms with Gasteiger partial charge in [-0.1, -0.05) is 145 Å². The van der Waals surface area contributed by atoms with Crippen molar-refractivity contribution < 1.29 is 70.1 Å². The smallest absolute Gasteiger partial charge is 0.123 e. The molecule has 1 aliphatic rings. The van der Waals surface area contributed by atoms with Crippen molar-refractivity contribution in [1.82, 2.24) is 0 Å². The molecule has 0 nitrogen and oxygen atoms in total. The second-order valence-corrected chi connectivity index (χ2v) is 19.7. The van der Waals surface area contributed by atoms with Crippen LogP contribution in [0.4, 0.5) is 43.9 Å². The molecule has 0 fully saturated rings. The maximum absolute atomic E-state index is 14.9. The summed E-state index contributed by atoms with van der Waals surface area (Å²) < 4.78 is 143. The molecule has 0 N–H and O–H groups in total.